The van der Waals surface area contributed by atoms with Gasteiger partial charge in [-0.05, 0) is 24.1 Å². The highest BCUT2D eigenvalue weighted by Crippen LogP contribution is 2.37. The molecular weight excluding hydrogens is 276 g/mol. The lowest BCUT2D eigenvalue weighted by Gasteiger charge is -2.34. The summed E-state index contributed by atoms with van der Waals surface area (Å²) < 4.78 is 0.711. The van der Waals surface area contributed by atoms with Crippen LogP contribution in [0, 0.1) is 0 Å². The zero-order chi connectivity index (χ0) is 13.9. The van der Waals surface area contributed by atoms with E-state index >= 15 is 0 Å². The zero-order valence-electron chi connectivity index (χ0n) is 10.7. The van der Waals surface area contributed by atoms with Crippen molar-refractivity contribution in [1.82, 2.24) is 9.88 Å². The monoisotopic (exact) mass is 292 g/mol. The van der Waals surface area contributed by atoms with E-state index in [-0.39, 0.29) is 0 Å². The van der Waals surface area contributed by atoms with Crippen LogP contribution in [0.1, 0.15) is 12.5 Å². The van der Waals surface area contributed by atoms with Crippen molar-refractivity contribution in [2.45, 2.75) is 19.2 Å². The minimum Gasteiger partial charge on any atom is -0.366 e. The number of allylic oxidation sites excluding steroid dienone is 2. The molecule has 2 heterocycles. The molecule has 1 aliphatic heterocycles. The Morgan fingerprint density at radius 1 is 1.74 bits per heavy atom. The van der Waals surface area contributed by atoms with Gasteiger partial charge in [-0.2, -0.15) is 0 Å². The average molecular weight is 292 g/mol. The van der Waals surface area contributed by atoms with E-state index in [1.165, 1.54) is 11.8 Å². The van der Waals surface area contributed by atoms with Crippen LogP contribution in [0.3, 0.4) is 0 Å². The number of hydrogen-bond donors (Lipinski definition) is 1. The lowest BCUT2D eigenvalue weighted by Crippen LogP contribution is -2.47. The molecule has 5 heteroatoms. The molecule has 0 aliphatic carbocycles. The Kier molecular flexibility index (Phi) is 4.39. The summed E-state index contributed by atoms with van der Waals surface area (Å²) in [6.07, 6.45) is 7.03. The van der Waals surface area contributed by atoms with Crippen molar-refractivity contribution in [3.05, 3.63) is 54.4 Å². The van der Waals surface area contributed by atoms with Crippen LogP contribution in [0.5, 0.6) is 0 Å². The van der Waals surface area contributed by atoms with Crippen molar-refractivity contribution in [2.75, 3.05) is 5.75 Å². The molecule has 0 radical (unpaired) electrons. The molecular formula is C14H16N2OS2. The van der Waals surface area contributed by atoms with E-state index in [4.69, 9.17) is 12.2 Å². The summed E-state index contributed by atoms with van der Waals surface area (Å²) in [5, 5.41) is 10.9. The van der Waals surface area contributed by atoms with Gasteiger partial charge < -0.3 is 10.0 Å². The van der Waals surface area contributed by atoms with E-state index in [2.05, 4.69) is 11.6 Å². The molecule has 0 saturated carbocycles. The van der Waals surface area contributed by atoms with Crippen LogP contribution < -0.4 is 0 Å². The standard InChI is InChI=1S/C14H16N2OS2/c1-3-5-11(2)14(17)10-19-13(18)16(14)9-12-6-4-7-15-8-12/h3-8,17H,1,9-10H2,2H3/b11-5+. The van der Waals surface area contributed by atoms with Gasteiger partial charge in [0.05, 0.1) is 5.75 Å². The molecule has 1 aromatic rings. The van der Waals surface area contributed by atoms with Gasteiger partial charge in [0, 0.05) is 18.9 Å². The fourth-order valence-electron chi connectivity index (χ4n) is 1.98. The van der Waals surface area contributed by atoms with Crippen LogP contribution in [-0.4, -0.2) is 30.8 Å². The van der Waals surface area contributed by atoms with Crippen LogP contribution in [0.2, 0.25) is 0 Å². The second kappa shape index (κ2) is 5.86. The fraction of sp³-hybridized carbons (Fsp3) is 0.286. The number of rotatable bonds is 4. The fourth-order valence-corrected chi connectivity index (χ4v) is 3.45. The summed E-state index contributed by atoms with van der Waals surface area (Å²) in [5.41, 5.74) is 0.835. The highest BCUT2D eigenvalue weighted by Gasteiger charge is 2.43. The van der Waals surface area contributed by atoms with Crippen LogP contribution in [0.25, 0.3) is 0 Å². The van der Waals surface area contributed by atoms with Gasteiger partial charge in [-0.1, -0.05) is 48.8 Å². The smallest absolute Gasteiger partial charge is 0.171 e. The third-order valence-electron chi connectivity index (χ3n) is 3.13. The molecule has 1 saturated heterocycles. The Hall–Kier alpha value is -1.17. The number of nitrogens with zero attached hydrogens (tertiary/aromatic N) is 2. The molecule has 0 spiro atoms. The molecule has 2 rings (SSSR count). The Morgan fingerprint density at radius 3 is 3.16 bits per heavy atom. The number of aliphatic hydroxyl groups is 1. The summed E-state index contributed by atoms with van der Waals surface area (Å²) in [6.45, 7) is 6.12. The minimum atomic E-state index is -1.04. The first kappa shape index (κ1) is 14.2. The van der Waals surface area contributed by atoms with Gasteiger partial charge in [0.25, 0.3) is 0 Å². The average Bonchev–Trinajstić information content (AvgIpc) is 2.70. The van der Waals surface area contributed by atoms with E-state index in [1.807, 2.05) is 30.0 Å². The lowest BCUT2D eigenvalue weighted by molar-refractivity contribution is -0.0101. The van der Waals surface area contributed by atoms with Gasteiger partial charge in [0.15, 0.2) is 5.72 Å². The van der Waals surface area contributed by atoms with Crippen LogP contribution in [0.15, 0.2) is 48.8 Å². The highest BCUT2D eigenvalue weighted by molar-refractivity contribution is 8.23. The minimum absolute atomic E-state index is 0.544. The number of pyridine rings is 1. The van der Waals surface area contributed by atoms with Crippen molar-refractivity contribution < 1.29 is 5.11 Å². The zero-order valence-corrected chi connectivity index (χ0v) is 12.4. The summed E-state index contributed by atoms with van der Waals surface area (Å²) in [6, 6.07) is 3.86. The molecule has 0 bridgehead atoms. The van der Waals surface area contributed by atoms with E-state index in [9.17, 15) is 5.11 Å². The summed E-state index contributed by atoms with van der Waals surface area (Å²) in [5.74, 6) is 0.544. The Balaban J connectivity index is 2.28. The maximum absolute atomic E-state index is 10.9. The molecule has 1 aromatic heterocycles. The third-order valence-corrected chi connectivity index (χ3v) is 4.71. The van der Waals surface area contributed by atoms with E-state index in [1.54, 1.807) is 18.5 Å². The molecule has 1 fully saturated rings. The van der Waals surface area contributed by atoms with Crippen molar-refractivity contribution in [2.24, 2.45) is 0 Å². The van der Waals surface area contributed by atoms with Gasteiger partial charge >= 0.3 is 0 Å². The summed E-state index contributed by atoms with van der Waals surface area (Å²) in [4.78, 5) is 5.94. The van der Waals surface area contributed by atoms with Crippen LogP contribution in [-0.2, 0) is 6.54 Å². The molecule has 100 valence electrons. The topological polar surface area (TPSA) is 36.4 Å². The normalized spacial score (nSPS) is 23.8. The Labute approximate surface area is 123 Å². The van der Waals surface area contributed by atoms with E-state index in [0.717, 1.165) is 11.1 Å². The maximum atomic E-state index is 10.9. The van der Waals surface area contributed by atoms with Gasteiger partial charge in [0.1, 0.15) is 4.32 Å². The van der Waals surface area contributed by atoms with Crippen LogP contribution >= 0.6 is 24.0 Å². The van der Waals surface area contributed by atoms with E-state index < -0.39 is 5.72 Å². The quantitative estimate of drug-likeness (QED) is 0.682. The second-order valence-electron chi connectivity index (χ2n) is 4.40. The highest BCUT2D eigenvalue weighted by atomic mass is 32.2. The molecule has 19 heavy (non-hydrogen) atoms. The molecule has 0 aromatic carbocycles. The maximum Gasteiger partial charge on any atom is 0.171 e. The van der Waals surface area contributed by atoms with E-state index in [0.29, 0.717) is 16.6 Å². The molecule has 3 nitrogen and oxygen atoms in total. The molecule has 1 N–H and O–H groups in total. The predicted molar refractivity (Wildman–Crippen MR) is 83.7 cm³/mol. The first-order valence-corrected chi connectivity index (χ1v) is 7.33. The van der Waals surface area contributed by atoms with Crippen molar-refractivity contribution in [3.8, 4) is 0 Å². The largest absolute Gasteiger partial charge is 0.366 e. The Morgan fingerprint density at radius 2 is 2.53 bits per heavy atom. The van der Waals surface area contributed by atoms with Gasteiger partial charge in [0.2, 0.25) is 0 Å². The van der Waals surface area contributed by atoms with Crippen molar-refractivity contribution >= 4 is 28.3 Å². The number of thioether (sulfide) groups is 1. The SMILES string of the molecule is C=C/C=C(\C)C1(O)CSC(=S)N1Cc1cccnc1. The van der Waals surface area contributed by atoms with Gasteiger partial charge in [-0.3, -0.25) is 4.98 Å². The third kappa shape index (κ3) is 2.88. The predicted octanol–water partition coefficient (Wildman–Crippen LogP) is 2.74. The summed E-state index contributed by atoms with van der Waals surface area (Å²) in [7, 11) is 0. The molecule has 1 unspecified atom stereocenters. The van der Waals surface area contributed by atoms with Crippen molar-refractivity contribution in [3.63, 3.8) is 0 Å². The summed E-state index contributed by atoms with van der Waals surface area (Å²) >= 11 is 6.84. The number of aromatic nitrogens is 1. The first-order valence-electron chi connectivity index (χ1n) is 5.93. The van der Waals surface area contributed by atoms with Gasteiger partial charge in [-0.15, -0.1) is 0 Å². The van der Waals surface area contributed by atoms with Gasteiger partial charge in [-0.25, -0.2) is 0 Å². The Bertz CT molecular complexity index is 515. The van der Waals surface area contributed by atoms with Crippen molar-refractivity contribution in [1.29, 1.82) is 0 Å². The molecule has 1 aliphatic rings. The van der Waals surface area contributed by atoms with Crippen LogP contribution in [0.4, 0.5) is 0 Å². The molecule has 0 amide bonds. The number of thiocarbonyl (C=S) groups is 1. The lowest BCUT2D eigenvalue weighted by atomic mass is 10.0. The number of hydrogen-bond acceptors (Lipinski definition) is 4. The second-order valence-corrected chi connectivity index (χ2v) is 6.01. The first-order chi connectivity index (χ1) is 9.08. The molecule has 1 atom stereocenters.